The van der Waals surface area contributed by atoms with Gasteiger partial charge in [-0.2, -0.15) is 5.10 Å². The number of anilines is 1. The minimum Gasteiger partial charge on any atom is -0.507 e. The molecule has 342 valence electrons. The first-order valence-corrected chi connectivity index (χ1v) is 22.1. The van der Waals surface area contributed by atoms with E-state index in [0.29, 0.717) is 11.8 Å². The topological polar surface area (TPSA) is 226 Å². The molecule has 4 saturated carbocycles. The maximum absolute atomic E-state index is 14.6. The van der Waals surface area contributed by atoms with E-state index in [4.69, 9.17) is 18.9 Å². The van der Waals surface area contributed by atoms with Gasteiger partial charge in [-0.25, -0.2) is 0 Å². The third kappa shape index (κ3) is 8.39. The van der Waals surface area contributed by atoms with Crippen molar-refractivity contribution in [3.63, 3.8) is 0 Å². The van der Waals surface area contributed by atoms with E-state index < -0.39 is 88.8 Å². The molecule has 7 N–H and O–H groups in total. The largest absolute Gasteiger partial charge is 0.507 e. The summed E-state index contributed by atoms with van der Waals surface area (Å²) >= 11 is 0. The highest BCUT2D eigenvalue weighted by molar-refractivity contribution is 6.23. The molecule has 4 aliphatic carbocycles. The number of methoxy groups -OCH3 is 1. The number of carbonyl (C=O) groups is 3. The molecule has 9 unspecified atom stereocenters. The lowest BCUT2D eigenvalue weighted by Gasteiger charge is -2.54. The van der Waals surface area contributed by atoms with E-state index in [1.54, 1.807) is 46.8 Å². The van der Waals surface area contributed by atoms with Crippen molar-refractivity contribution in [1.82, 2.24) is 5.43 Å². The number of benzene rings is 2. The third-order valence-corrected chi connectivity index (χ3v) is 14.7. The van der Waals surface area contributed by atoms with Crippen molar-refractivity contribution in [2.75, 3.05) is 12.4 Å². The Morgan fingerprint density at radius 2 is 1.56 bits per heavy atom. The fourth-order valence-corrected chi connectivity index (χ4v) is 11.2. The van der Waals surface area contributed by atoms with Crippen LogP contribution in [-0.2, 0) is 23.8 Å². The molecule has 9 atom stereocenters. The number of nitrogens with one attached hydrogen (secondary N) is 2. The molecule has 2 aromatic carbocycles. The fraction of sp³-hybridized carbons (Fsp3) is 0.583. The highest BCUT2D eigenvalue weighted by Gasteiger charge is 2.51. The van der Waals surface area contributed by atoms with Crippen LogP contribution < -0.4 is 15.5 Å². The Morgan fingerprint density at radius 3 is 2.17 bits per heavy atom. The van der Waals surface area contributed by atoms with E-state index in [1.165, 1.54) is 58.9 Å². The summed E-state index contributed by atoms with van der Waals surface area (Å²) in [4.78, 5) is 40.8. The van der Waals surface area contributed by atoms with Gasteiger partial charge in [0.25, 0.3) is 11.7 Å². The number of phenolic OH excluding ortho intramolecular Hbond substituents is 3. The van der Waals surface area contributed by atoms with Crippen LogP contribution in [0.3, 0.4) is 0 Å². The van der Waals surface area contributed by atoms with Gasteiger partial charge in [-0.1, -0.05) is 45.9 Å². The Morgan fingerprint density at radius 1 is 0.905 bits per heavy atom. The van der Waals surface area contributed by atoms with Crippen molar-refractivity contribution in [2.24, 2.45) is 52.4 Å². The second kappa shape index (κ2) is 17.8. The van der Waals surface area contributed by atoms with Crippen LogP contribution in [0.2, 0.25) is 0 Å². The molecule has 7 aliphatic rings. The van der Waals surface area contributed by atoms with Crippen LogP contribution in [0.1, 0.15) is 102 Å². The van der Waals surface area contributed by atoms with Gasteiger partial charge in [0, 0.05) is 67.2 Å². The second-order valence-corrected chi connectivity index (χ2v) is 19.0. The Kier molecular flexibility index (Phi) is 13.0. The molecule has 0 spiro atoms. The lowest BCUT2D eigenvalue weighted by atomic mass is 9.54. The average molecular weight is 874 g/mol. The molecule has 15 nitrogen and oxygen atoms in total. The van der Waals surface area contributed by atoms with Gasteiger partial charge in [-0.05, 0) is 75.7 Å². The number of hydrogen-bond acceptors (Lipinski definition) is 14. The Bertz CT molecular complexity index is 2240. The number of esters is 1. The minimum atomic E-state index is -2.04. The number of aromatic hydroxyl groups is 3. The van der Waals surface area contributed by atoms with Crippen LogP contribution in [-0.4, -0.2) is 92.8 Å². The first kappa shape index (κ1) is 45.9. The molecule has 2 aromatic rings. The fourth-order valence-electron chi connectivity index (χ4n) is 11.2. The highest BCUT2D eigenvalue weighted by Crippen LogP contribution is 2.56. The number of aliphatic hydroxyl groups excluding tert-OH is 2. The average Bonchev–Trinajstić information content (AvgIpc) is 3.50. The Hall–Kier alpha value is -5.12. The molecule has 0 radical (unpaired) electrons. The zero-order chi connectivity index (χ0) is 45.8. The van der Waals surface area contributed by atoms with E-state index in [9.17, 15) is 39.9 Å². The summed E-state index contributed by atoms with van der Waals surface area (Å²) in [6, 6.07) is 0.120. The summed E-state index contributed by atoms with van der Waals surface area (Å²) in [5.74, 6) is -5.86. The number of ketones is 1. The number of hydrazone groups is 1. The number of ether oxygens (including phenoxy) is 4. The summed E-state index contributed by atoms with van der Waals surface area (Å²) in [7, 11) is 1.45. The normalized spacial score (nSPS) is 35.8. The third-order valence-electron chi connectivity index (χ3n) is 14.7. The predicted octanol–water partition coefficient (Wildman–Crippen LogP) is 6.50. The van der Waals surface area contributed by atoms with Gasteiger partial charge in [0.1, 0.15) is 23.4 Å². The summed E-state index contributed by atoms with van der Waals surface area (Å²) in [6.45, 7) is 12.6. The van der Waals surface area contributed by atoms with Crippen LogP contribution in [0.25, 0.3) is 10.8 Å². The lowest BCUT2D eigenvalue weighted by Crippen LogP contribution is -2.53. The van der Waals surface area contributed by atoms with E-state index in [-0.39, 0.29) is 50.5 Å². The van der Waals surface area contributed by atoms with Crippen LogP contribution in [0, 0.1) is 54.3 Å². The molecule has 4 fully saturated rings. The molecule has 15 heteroatoms. The van der Waals surface area contributed by atoms with E-state index in [1.807, 2.05) is 0 Å². The first-order valence-electron chi connectivity index (χ1n) is 22.1. The van der Waals surface area contributed by atoms with Gasteiger partial charge in [0.05, 0.1) is 53.0 Å². The van der Waals surface area contributed by atoms with E-state index in [2.05, 4.69) is 15.8 Å². The van der Waals surface area contributed by atoms with Crippen molar-refractivity contribution in [3.8, 4) is 23.0 Å². The number of hydrogen-bond donors (Lipinski definition) is 7. The molecule has 3 heterocycles. The molecule has 9 rings (SSSR count). The van der Waals surface area contributed by atoms with Crippen LogP contribution in [0.5, 0.6) is 23.0 Å². The molecule has 0 aromatic heterocycles. The number of phenols is 3. The Labute approximate surface area is 368 Å². The zero-order valence-electron chi connectivity index (χ0n) is 37.5. The summed E-state index contributed by atoms with van der Waals surface area (Å²) in [6.07, 6.45) is 10.8. The SMILES string of the molecule is COC1C=COC2(C)Oc3c(C)c(O)c4c(O)c(c(C=NNC5C6CC7CC(C6)CC5C7)c(O)c4c3C2=O)NC(=O)C(C)=CC=CC(C)C(O)C(C)C(O)C(C)C(OC(C)=O)C1C. The van der Waals surface area contributed by atoms with Gasteiger partial charge in [0.2, 0.25) is 0 Å². The van der Waals surface area contributed by atoms with Crippen molar-refractivity contribution < 1.29 is 58.9 Å². The molecule has 0 saturated heterocycles. The quantitative estimate of drug-likeness (QED) is 0.0561. The molecule has 63 heavy (non-hydrogen) atoms. The van der Waals surface area contributed by atoms with Crippen LogP contribution in [0.4, 0.5) is 5.69 Å². The Balaban J connectivity index is 1.34. The van der Waals surface area contributed by atoms with Crippen molar-refractivity contribution in [2.45, 2.75) is 124 Å². The van der Waals surface area contributed by atoms with Gasteiger partial charge >= 0.3 is 11.8 Å². The van der Waals surface area contributed by atoms with Gasteiger partial charge in [-0.3, -0.25) is 14.4 Å². The molecule has 9 bridgehead atoms. The number of Topliss-reactive ketones (excluding diaryl/α,β-unsaturated/α-hetero) is 1. The summed E-state index contributed by atoms with van der Waals surface area (Å²) in [5.41, 5.74) is 3.05. The number of fused-ring (bicyclic) bond motifs is 14. The number of amides is 1. The number of allylic oxidation sites excluding steroid dienone is 2. The van der Waals surface area contributed by atoms with Crippen molar-refractivity contribution in [3.05, 3.63) is 52.8 Å². The monoisotopic (exact) mass is 873 g/mol. The summed E-state index contributed by atoms with van der Waals surface area (Å²) in [5, 5.41) is 65.7. The maximum atomic E-state index is 14.6. The van der Waals surface area contributed by atoms with Crippen LogP contribution >= 0.6 is 0 Å². The van der Waals surface area contributed by atoms with Crippen molar-refractivity contribution in [1.29, 1.82) is 0 Å². The highest BCUT2D eigenvalue weighted by atomic mass is 16.7. The van der Waals surface area contributed by atoms with Gasteiger partial charge in [0.15, 0.2) is 5.75 Å². The second-order valence-electron chi connectivity index (χ2n) is 19.0. The number of aliphatic hydroxyl groups is 2. The standard InChI is InChI=1S/C48H63N3O12/c1-21-11-10-12-22(2)47(59)50-38-32(20-49-51-37-30-16-28-15-29(18-30)19-31(37)17-28)42(56)34-35(43(38)57)41(55)26(6)45-36(34)46(58)48(8,63-45)61-14-13-33(60-9)23(3)44(62-27(7)52)25(5)40(54)24(4)39(21)53/h10-14,20-21,23-25,28-31,33,37,39-40,44,51,53-57H,15-19H2,1-9H3,(H,50,59). The van der Waals surface area contributed by atoms with Crippen molar-refractivity contribution >= 4 is 40.3 Å². The van der Waals surface area contributed by atoms with Crippen LogP contribution in [0.15, 0.2) is 41.2 Å². The summed E-state index contributed by atoms with van der Waals surface area (Å²) < 4.78 is 23.7. The van der Waals surface area contributed by atoms with Gasteiger partial charge in [-0.15, -0.1) is 0 Å². The number of rotatable bonds is 5. The van der Waals surface area contributed by atoms with E-state index >= 15 is 0 Å². The minimum absolute atomic E-state index is 0.0662. The molecular formula is C48H63N3O12. The molecular weight excluding hydrogens is 811 g/mol. The molecule has 1 amide bonds. The smallest absolute Gasteiger partial charge is 0.312 e. The number of nitrogens with zero attached hydrogens (tertiary/aromatic N) is 1. The predicted molar refractivity (Wildman–Crippen MR) is 235 cm³/mol. The zero-order valence-corrected chi connectivity index (χ0v) is 37.5. The molecule has 3 aliphatic heterocycles. The van der Waals surface area contributed by atoms with Gasteiger partial charge < -0.3 is 55.2 Å². The number of carbonyl (C=O) groups excluding carboxylic acids is 3. The lowest BCUT2D eigenvalue weighted by molar-refractivity contribution is -0.160. The van der Waals surface area contributed by atoms with E-state index in [0.717, 1.165) is 37.5 Å². The maximum Gasteiger partial charge on any atom is 0.312 e. The first-order chi connectivity index (χ1) is 29.8.